The van der Waals surface area contributed by atoms with Crippen molar-refractivity contribution >= 4 is 34.3 Å². The first-order valence-electron chi connectivity index (χ1n) is 8.21. The van der Waals surface area contributed by atoms with Gasteiger partial charge in [-0.3, -0.25) is 4.79 Å². The van der Waals surface area contributed by atoms with E-state index in [0.717, 1.165) is 22.0 Å². The molecule has 4 nitrogen and oxygen atoms in total. The van der Waals surface area contributed by atoms with Crippen molar-refractivity contribution in [1.29, 1.82) is 0 Å². The van der Waals surface area contributed by atoms with Gasteiger partial charge in [0, 0.05) is 28.6 Å². The number of benzene rings is 1. The molecular formula is C19H21N3OS2. The highest BCUT2D eigenvalue weighted by atomic mass is 32.1. The number of carbonyl (C=O) groups excluding carboxylic acids is 1. The molecule has 6 heteroatoms. The van der Waals surface area contributed by atoms with E-state index in [9.17, 15) is 4.79 Å². The molecule has 2 N–H and O–H groups in total. The van der Waals surface area contributed by atoms with Gasteiger partial charge in [0.15, 0.2) is 0 Å². The van der Waals surface area contributed by atoms with Gasteiger partial charge in [-0.05, 0) is 29.5 Å². The third-order valence-corrected chi connectivity index (χ3v) is 5.25. The monoisotopic (exact) mass is 371 g/mol. The maximum absolute atomic E-state index is 12.4. The Morgan fingerprint density at radius 2 is 2.04 bits per heavy atom. The highest BCUT2D eigenvalue weighted by Gasteiger charge is 2.12. The van der Waals surface area contributed by atoms with Gasteiger partial charge in [0.1, 0.15) is 5.01 Å². The molecule has 0 spiro atoms. The summed E-state index contributed by atoms with van der Waals surface area (Å²) in [5, 5.41) is 13.6. The summed E-state index contributed by atoms with van der Waals surface area (Å²) in [4.78, 5) is 17.0. The normalized spacial score (nSPS) is 10.8. The van der Waals surface area contributed by atoms with Crippen LogP contribution in [0.3, 0.4) is 0 Å². The minimum absolute atomic E-state index is 0.0472. The number of anilines is 1. The average molecular weight is 372 g/mol. The molecule has 2 aromatic heterocycles. The van der Waals surface area contributed by atoms with Crippen LogP contribution in [0.25, 0.3) is 10.6 Å². The number of thiophene rings is 1. The first kappa shape index (κ1) is 17.6. The van der Waals surface area contributed by atoms with Gasteiger partial charge in [0.05, 0.1) is 17.8 Å². The van der Waals surface area contributed by atoms with E-state index in [0.29, 0.717) is 24.6 Å². The van der Waals surface area contributed by atoms with Gasteiger partial charge in [0.2, 0.25) is 0 Å². The fourth-order valence-electron chi connectivity index (χ4n) is 2.32. The van der Waals surface area contributed by atoms with Crippen LogP contribution in [0.1, 0.15) is 29.9 Å². The maximum Gasteiger partial charge on any atom is 0.253 e. The standard InChI is InChI=1S/C19H21N3OS2/c1-13(2)9-21-18(23)16-5-3-4-6-17(16)20-10-15-12-25-19(22-15)14-7-8-24-11-14/h3-8,11-13,20H,9-10H2,1-2H3,(H,21,23). The first-order valence-corrected chi connectivity index (χ1v) is 10.0. The van der Waals surface area contributed by atoms with E-state index in [1.165, 1.54) is 0 Å². The van der Waals surface area contributed by atoms with Crippen LogP contribution in [0.4, 0.5) is 5.69 Å². The van der Waals surface area contributed by atoms with Crippen molar-refractivity contribution in [3.63, 3.8) is 0 Å². The van der Waals surface area contributed by atoms with Crippen LogP contribution in [0.5, 0.6) is 0 Å². The van der Waals surface area contributed by atoms with Crippen LogP contribution in [-0.2, 0) is 6.54 Å². The SMILES string of the molecule is CC(C)CNC(=O)c1ccccc1NCc1csc(-c2ccsc2)n1. The zero-order valence-corrected chi connectivity index (χ0v) is 15.9. The topological polar surface area (TPSA) is 54.0 Å². The van der Waals surface area contributed by atoms with Crippen molar-refractivity contribution in [2.24, 2.45) is 5.92 Å². The molecule has 0 atom stereocenters. The summed E-state index contributed by atoms with van der Waals surface area (Å²) in [6.07, 6.45) is 0. The van der Waals surface area contributed by atoms with Gasteiger partial charge in [-0.25, -0.2) is 4.98 Å². The third-order valence-electron chi connectivity index (χ3n) is 3.62. The quantitative estimate of drug-likeness (QED) is 0.623. The predicted molar refractivity (Wildman–Crippen MR) is 106 cm³/mol. The minimum Gasteiger partial charge on any atom is -0.379 e. The summed E-state index contributed by atoms with van der Waals surface area (Å²) in [5.41, 5.74) is 3.63. The van der Waals surface area contributed by atoms with E-state index in [2.05, 4.69) is 51.7 Å². The van der Waals surface area contributed by atoms with Crippen LogP contribution >= 0.6 is 22.7 Å². The molecule has 0 aliphatic carbocycles. The predicted octanol–water partition coefficient (Wildman–Crippen LogP) is 4.87. The zero-order valence-electron chi connectivity index (χ0n) is 14.3. The number of nitrogens with one attached hydrogen (secondary N) is 2. The maximum atomic E-state index is 12.4. The number of thiazole rings is 1. The lowest BCUT2D eigenvalue weighted by atomic mass is 10.1. The lowest BCUT2D eigenvalue weighted by molar-refractivity contribution is 0.0950. The molecule has 0 bridgehead atoms. The second kappa shape index (κ2) is 8.27. The van der Waals surface area contributed by atoms with E-state index in [1.807, 2.05) is 24.3 Å². The highest BCUT2D eigenvalue weighted by molar-refractivity contribution is 7.14. The molecule has 0 aliphatic heterocycles. The molecule has 25 heavy (non-hydrogen) atoms. The number of carbonyl (C=O) groups is 1. The fraction of sp³-hybridized carbons (Fsp3) is 0.263. The van der Waals surface area contributed by atoms with Crippen molar-refractivity contribution in [1.82, 2.24) is 10.3 Å². The Bertz CT molecular complexity index is 825. The van der Waals surface area contributed by atoms with Crippen molar-refractivity contribution in [2.75, 3.05) is 11.9 Å². The van der Waals surface area contributed by atoms with E-state index in [4.69, 9.17) is 0 Å². The Morgan fingerprint density at radius 1 is 1.20 bits per heavy atom. The van der Waals surface area contributed by atoms with Crippen LogP contribution < -0.4 is 10.6 Å². The van der Waals surface area contributed by atoms with Crippen LogP contribution in [0.2, 0.25) is 0 Å². The second-order valence-electron chi connectivity index (χ2n) is 6.16. The molecule has 0 radical (unpaired) electrons. The molecule has 0 aliphatic rings. The molecule has 130 valence electrons. The number of hydrogen-bond acceptors (Lipinski definition) is 5. The van der Waals surface area contributed by atoms with E-state index >= 15 is 0 Å². The third kappa shape index (κ3) is 4.67. The highest BCUT2D eigenvalue weighted by Crippen LogP contribution is 2.26. The fourth-order valence-corrected chi connectivity index (χ4v) is 3.85. The number of para-hydroxylation sites is 1. The van der Waals surface area contributed by atoms with Crippen LogP contribution in [-0.4, -0.2) is 17.4 Å². The van der Waals surface area contributed by atoms with Gasteiger partial charge >= 0.3 is 0 Å². The summed E-state index contributed by atoms with van der Waals surface area (Å²) in [6, 6.07) is 9.66. The average Bonchev–Trinajstić information content (AvgIpc) is 3.29. The Morgan fingerprint density at radius 3 is 2.80 bits per heavy atom. The molecule has 0 unspecified atom stereocenters. The minimum atomic E-state index is -0.0472. The lowest BCUT2D eigenvalue weighted by Gasteiger charge is -2.12. The van der Waals surface area contributed by atoms with Crippen molar-refractivity contribution in [2.45, 2.75) is 20.4 Å². The zero-order chi connectivity index (χ0) is 17.6. The number of aromatic nitrogens is 1. The van der Waals surface area contributed by atoms with E-state index in [-0.39, 0.29) is 5.91 Å². The number of hydrogen-bond donors (Lipinski definition) is 2. The van der Waals surface area contributed by atoms with Gasteiger partial charge in [-0.2, -0.15) is 11.3 Å². The molecule has 3 aromatic rings. The summed E-state index contributed by atoms with van der Waals surface area (Å²) < 4.78 is 0. The number of nitrogens with zero attached hydrogens (tertiary/aromatic N) is 1. The van der Waals surface area contributed by atoms with Gasteiger partial charge in [-0.15, -0.1) is 11.3 Å². The number of rotatable bonds is 7. The first-order chi connectivity index (χ1) is 12.1. The summed E-state index contributed by atoms with van der Waals surface area (Å²) >= 11 is 3.31. The molecule has 3 rings (SSSR count). The summed E-state index contributed by atoms with van der Waals surface area (Å²) in [6.45, 7) is 5.42. The second-order valence-corrected chi connectivity index (χ2v) is 7.80. The Kier molecular flexibility index (Phi) is 5.83. The van der Waals surface area contributed by atoms with Gasteiger partial charge < -0.3 is 10.6 Å². The van der Waals surface area contributed by atoms with Crippen LogP contribution in [0, 0.1) is 5.92 Å². The van der Waals surface area contributed by atoms with Crippen molar-refractivity contribution in [3.8, 4) is 10.6 Å². The van der Waals surface area contributed by atoms with Crippen LogP contribution in [0.15, 0.2) is 46.5 Å². The van der Waals surface area contributed by atoms with Gasteiger partial charge in [-0.1, -0.05) is 26.0 Å². The molecule has 2 heterocycles. The Balaban J connectivity index is 1.66. The smallest absolute Gasteiger partial charge is 0.253 e. The molecule has 0 saturated carbocycles. The van der Waals surface area contributed by atoms with E-state index < -0.39 is 0 Å². The molecule has 0 fully saturated rings. The Labute approximate surface area is 155 Å². The van der Waals surface area contributed by atoms with E-state index in [1.54, 1.807) is 22.7 Å². The van der Waals surface area contributed by atoms with Crippen molar-refractivity contribution in [3.05, 3.63) is 57.7 Å². The molecule has 0 saturated heterocycles. The molecule has 1 amide bonds. The summed E-state index contributed by atoms with van der Waals surface area (Å²) in [7, 11) is 0. The van der Waals surface area contributed by atoms with Gasteiger partial charge in [0.25, 0.3) is 5.91 Å². The molecule has 1 aromatic carbocycles. The largest absolute Gasteiger partial charge is 0.379 e. The Hall–Kier alpha value is -2.18. The lowest BCUT2D eigenvalue weighted by Crippen LogP contribution is -2.28. The summed E-state index contributed by atoms with van der Waals surface area (Å²) in [5.74, 6) is 0.378. The van der Waals surface area contributed by atoms with Crippen molar-refractivity contribution < 1.29 is 4.79 Å². The number of amides is 1. The molecular weight excluding hydrogens is 350 g/mol.